The summed E-state index contributed by atoms with van der Waals surface area (Å²) in [5, 5.41) is 0. The topological polar surface area (TPSA) is 42.4 Å². The van der Waals surface area contributed by atoms with E-state index < -0.39 is 0 Å². The van der Waals surface area contributed by atoms with Gasteiger partial charge in [0.05, 0.1) is 6.54 Å². The van der Waals surface area contributed by atoms with Crippen molar-refractivity contribution in [3.05, 3.63) is 22.8 Å². The van der Waals surface area contributed by atoms with Crippen LogP contribution in [-0.2, 0) is 4.79 Å². The Hall–Kier alpha value is -0.810. The van der Waals surface area contributed by atoms with Crippen LogP contribution in [0.1, 0.15) is 12.8 Å². The minimum Gasteiger partial charge on any atom is -0.472 e. The molecule has 1 aromatic heterocycles. The molecular weight excluding hydrogens is 320 g/mol. The molecule has 0 radical (unpaired) electrons. The first-order valence-electron chi connectivity index (χ1n) is 5.81. The van der Waals surface area contributed by atoms with Gasteiger partial charge in [0.1, 0.15) is 6.10 Å². The predicted molar refractivity (Wildman–Crippen MR) is 72.9 cm³/mol. The molecule has 6 heteroatoms. The van der Waals surface area contributed by atoms with Crippen molar-refractivity contribution in [2.45, 2.75) is 18.9 Å². The van der Waals surface area contributed by atoms with Crippen molar-refractivity contribution in [3.8, 4) is 5.88 Å². The summed E-state index contributed by atoms with van der Waals surface area (Å²) in [6.45, 7) is 1.35. The molecule has 1 saturated heterocycles. The number of amides is 1. The summed E-state index contributed by atoms with van der Waals surface area (Å²) in [6.07, 6.45) is 2.95. The Labute approximate surface area is 119 Å². The maximum Gasteiger partial charge on any atom is 0.223 e. The molecule has 1 aliphatic heterocycles. The average molecular weight is 334 g/mol. The SMILES string of the molecule is O=C(CCCl)N1CCC(Oc2ccc(Br)cn2)C1. The van der Waals surface area contributed by atoms with Crippen LogP contribution in [0.2, 0.25) is 0 Å². The first-order chi connectivity index (χ1) is 8.69. The molecule has 1 aliphatic rings. The molecule has 1 unspecified atom stereocenters. The third-order valence-corrected chi connectivity index (χ3v) is 3.45. The number of hydrogen-bond acceptors (Lipinski definition) is 3. The van der Waals surface area contributed by atoms with Crippen LogP contribution in [0.25, 0.3) is 0 Å². The molecule has 0 aliphatic carbocycles. The molecule has 1 fully saturated rings. The molecule has 1 amide bonds. The Morgan fingerprint density at radius 2 is 2.44 bits per heavy atom. The van der Waals surface area contributed by atoms with Crippen molar-refractivity contribution in [2.24, 2.45) is 0 Å². The maximum absolute atomic E-state index is 11.7. The highest BCUT2D eigenvalue weighted by Crippen LogP contribution is 2.18. The summed E-state index contributed by atoms with van der Waals surface area (Å²) < 4.78 is 6.65. The number of alkyl halides is 1. The Morgan fingerprint density at radius 1 is 1.61 bits per heavy atom. The van der Waals surface area contributed by atoms with Crippen LogP contribution in [0.15, 0.2) is 22.8 Å². The van der Waals surface area contributed by atoms with Gasteiger partial charge in [-0.05, 0) is 22.0 Å². The van der Waals surface area contributed by atoms with Gasteiger partial charge in [0.15, 0.2) is 0 Å². The number of rotatable bonds is 4. The molecular formula is C12H14BrClN2O2. The first kappa shape index (κ1) is 13.6. The smallest absolute Gasteiger partial charge is 0.223 e. The number of pyridine rings is 1. The van der Waals surface area contributed by atoms with Crippen LogP contribution in [0.4, 0.5) is 0 Å². The second-order valence-corrected chi connectivity index (χ2v) is 5.42. The lowest BCUT2D eigenvalue weighted by Gasteiger charge is -2.16. The van der Waals surface area contributed by atoms with Gasteiger partial charge in [-0.2, -0.15) is 0 Å². The fraction of sp³-hybridized carbons (Fsp3) is 0.500. The standard InChI is InChI=1S/C12H14BrClN2O2/c13-9-1-2-11(15-7-9)18-10-4-6-16(8-10)12(17)3-5-14/h1-2,7,10H,3-6,8H2. The van der Waals surface area contributed by atoms with Crippen molar-refractivity contribution < 1.29 is 9.53 Å². The molecule has 0 bridgehead atoms. The molecule has 2 rings (SSSR count). The zero-order valence-corrected chi connectivity index (χ0v) is 12.2. The highest BCUT2D eigenvalue weighted by Gasteiger charge is 2.27. The summed E-state index contributed by atoms with van der Waals surface area (Å²) in [5.41, 5.74) is 0. The lowest BCUT2D eigenvalue weighted by molar-refractivity contribution is -0.130. The molecule has 98 valence electrons. The Bertz CT molecular complexity index is 413. The number of carbonyl (C=O) groups excluding carboxylic acids is 1. The molecule has 0 aromatic carbocycles. The monoisotopic (exact) mass is 332 g/mol. The zero-order valence-electron chi connectivity index (χ0n) is 9.81. The number of aromatic nitrogens is 1. The summed E-state index contributed by atoms with van der Waals surface area (Å²) >= 11 is 8.88. The third kappa shape index (κ3) is 3.59. The molecule has 0 saturated carbocycles. The van der Waals surface area contributed by atoms with Crippen LogP contribution in [0, 0.1) is 0 Å². The van der Waals surface area contributed by atoms with Crippen LogP contribution in [-0.4, -0.2) is 40.9 Å². The molecule has 18 heavy (non-hydrogen) atoms. The van der Waals surface area contributed by atoms with Gasteiger partial charge in [-0.25, -0.2) is 4.98 Å². The fourth-order valence-electron chi connectivity index (χ4n) is 1.89. The number of hydrogen-bond donors (Lipinski definition) is 0. The fourth-order valence-corrected chi connectivity index (χ4v) is 2.29. The van der Waals surface area contributed by atoms with E-state index in [4.69, 9.17) is 16.3 Å². The van der Waals surface area contributed by atoms with Gasteiger partial charge in [0.25, 0.3) is 0 Å². The van der Waals surface area contributed by atoms with E-state index in [0.29, 0.717) is 24.7 Å². The van der Waals surface area contributed by atoms with Gasteiger partial charge < -0.3 is 9.64 Å². The Balaban J connectivity index is 1.86. The van der Waals surface area contributed by atoms with Crippen molar-refractivity contribution >= 4 is 33.4 Å². The van der Waals surface area contributed by atoms with E-state index in [2.05, 4.69) is 20.9 Å². The largest absolute Gasteiger partial charge is 0.472 e. The molecule has 0 spiro atoms. The summed E-state index contributed by atoms with van der Waals surface area (Å²) in [4.78, 5) is 17.6. The number of likely N-dealkylation sites (tertiary alicyclic amines) is 1. The average Bonchev–Trinajstić information content (AvgIpc) is 2.81. The molecule has 2 heterocycles. The zero-order chi connectivity index (χ0) is 13.0. The summed E-state index contributed by atoms with van der Waals surface area (Å²) in [5.74, 6) is 1.06. The lowest BCUT2D eigenvalue weighted by atomic mass is 10.3. The first-order valence-corrected chi connectivity index (χ1v) is 7.13. The predicted octanol–water partition coefficient (Wildman–Crippen LogP) is 2.45. The maximum atomic E-state index is 11.7. The van der Waals surface area contributed by atoms with E-state index in [9.17, 15) is 4.79 Å². The lowest BCUT2D eigenvalue weighted by Crippen LogP contribution is -2.31. The third-order valence-electron chi connectivity index (χ3n) is 2.79. The van der Waals surface area contributed by atoms with E-state index in [-0.39, 0.29) is 12.0 Å². The second kappa shape index (κ2) is 6.38. The quantitative estimate of drug-likeness (QED) is 0.795. The van der Waals surface area contributed by atoms with Crippen molar-refractivity contribution in [1.29, 1.82) is 0 Å². The second-order valence-electron chi connectivity index (χ2n) is 4.12. The minimum atomic E-state index is 0.0259. The minimum absolute atomic E-state index is 0.0259. The van der Waals surface area contributed by atoms with Crippen LogP contribution in [0.3, 0.4) is 0 Å². The highest BCUT2D eigenvalue weighted by atomic mass is 79.9. The molecule has 4 nitrogen and oxygen atoms in total. The van der Waals surface area contributed by atoms with Gasteiger partial charge in [-0.1, -0.05) is 0 Å². The van der Waals surface area contributed by atoms with Crippen LogP contribution in [0.5, 0.6) is 5.88 Å². The van der Waals surface area contributed by atoms with E-state index in [1.165, 1.54) is 0 Å². The Kier molecular flexibility index (Phi) is 4.83. The normalized spacial score (nSPS) is 19.0. The van der Waals surface area contributed by atoms with Gasteiger partial charge in [-0.3, -0.25) is 4.79 Å². The molecule has 1 atom stereocenters. The number of halogens is 2. The van der Waals surface area contributed by atoms with E-state index in [1.54, 1.807) is 11.1 Å². The van der Waals surface area contributed by atoms with E-state index >= 15 is 0 Å². The van der Waals surface area contributed by atoms with Crippen LogP contribution >= 0.6 is 27.5 Å². The van der Waals surface area contributed by atoms with Gasteiger partial charge >= 0.3 is 0 Å². The summed E-state index contributed by atoms with van der Waals surface area (Å²) in [6, 6.07) is 3.70. The van der Waals surface area contributed by atoms with Crippen molar-refractivity contribution in [2.75, 3.05) is 19.0 Å². The molecule has 0 N–H and O–H groups in total. The van der Waals surface area contributed by atoms with Crippen LogP contribution < -0.4 is 4.74 Å². The van der Waals surface area contributed by atoms with Crippen molar-refractivity contribution in [1.82, 2.24) is 9.88 Å². The van der Waals surface area contributed by atoms with E-state index in [0.717, 1.165) is 17.4 Å². The number of carbonyl (C=O) groups is 1. The van der Waals surface area contributed by atoms with E-state index in [1.807, 2.05) is 12.1 Å². The Morgan fingerprint density at radius 3 is 3.11 bits per heavy atom. The van der Waals surface area contributed by atoms with Crippen molar-refractivity contribution in [3.63, 3.8) is 0 Å². The number of nitrogens with zero attached hydrogens (tertiary/aromatic N) is 2. The summed E-state index contributed by atoms with van der Waals surface area (Å²) in [7, 11) is 0. The van der Waals surface area contributed by atoms with Gasteiger partial charge in [0.2, 0.25) is 11.8 Å². The number of ether oxygens (including phenoxy) is 1. The van der Waals surface area contributed by atoms with Gasteiger partial charge in [-0.15, -0.1) is 11.6 Å². The van der Waals surface area contributed by atoms with Gasteiger partial charge in [0, 0.05) is 42.0 Å². The highest BCUT2D eigenvalue weighted by molar-refractivity contribution is 9.10. The molecule has 1 aromatic rings.